The van der Waals surface area contributed by atoms with Gasteiger partial charge >= 0.3 is 0 Å². The van der Waals surface area contributed by atoms with E-state index in [0.717, 1.165) is 25.1 Å². The van der Waals surface area contributed by atoms with E-state index >= 15 is 0 Å². The third-order valence-electron chi connectivity index (χ3n) is 3.52. The Morgan fingerprint density at radius 3 is 3.16 bits per heavy atom. The van der Waals surface area contributed by atoms with Crippen molar-refractivity contribution in [3.63, 3.8) is 0 Å². The smallest absolute Gasteiger partial charge is 0.276 e. The van der Waals surface area contributed by atoms with Crippen molar-refractivity contribution in [3.8, 4) is 0 Å². The molecule has 1 atom stereocenters. The van der Waals surface area contributed by atoms with Crippen molar-refractivity contribution < 1.29 is 9.32 Å². The first kappa shape index (κ1) is 12.0. The first-order valence-corrected chi connectivity index (χ1v) is 6.46. The van der Waals surface area contributed by atoms with Gasteiger partial charge in [0, 0.05) is 37.0 Å². The quantitative estimate of drug-likeness (QED) is 0.892. The second kappa shape index (κ2) is 4.87. The standard InChI is InChI=1S/C13H16N4O2/c1-9-7-12(16-19-9)13(18)17-6-2-3-10(8-17)11-4-5-14-15-11/h4-5,7,10H,2-3,6,8H2,1H3,(H,14,15)/t10-/m0/s1. The molecule has 1 aliphatic heterocycles. The van der Waals surface area contributed by atoms with Crippen molar-refractivity contribution in [2.45, 2.75) is 25.7 Å². The van der Waals surface area contributed by atoms with Crippen LogP contribution in [0.2, 0.25) is 0 Å². The van der Waals surface area contributed by atoms with Crippen LogP contribution in [0.4, 0.5) is 0 Å². The maximum atomic E-state index is 12.3. The molecule has 0 radical (unpaired) electrons. The van der Waals surface area contributed by atoms with Crippen molar-refractivity contribution in [1.82, 2.24) is 20.3 Å². The predicted molar refractivity (Wildman–Crippen MR) is 67.7 cm³/mol. The highest BCUT2D eigenvalue weighted by molar-refractivity contribution is 5.92. The van der Waals surface area contributed by atoms with Crippen LogP contribution in [0.15, 0.2) is 22.9 Å². The zero-order chi connectivity index (χ0) is 13.2. The normalized spacial score (nSPS) is 19.6. The number of carbonyl (C=O) groups is 1. The summed E-state index contributed by atoms with van der Waals surface area (Å²) in [6, 6.07) is 3.65. The van der Waals surface area contributed by atoms with Gasteiger partial charge in [-0.3, -0.25) is 9.89 Å². The maximum absolute atomic E-state index is 12.3. The van der Waals surface area contributed by atoms with Gasteiger partial charge in [-0.2, -0.15) is 5.10 Å². The molecule has 0 spiro atoms. The highest BCUT2D eigenvalue weighted by Gasteiger charge is 2.27. The second-order valence-corrected chi connectivity index (χ2v) is 4.93. The molecule has 3 heterocycles. The molecule has 100 valence electrons. The van der Waals surface area contributed by atoms with E-state index in [1.54, 1.807) is 19.2 Å². The summed E-state index contributed by atoms with van der Waals surface area (Å²) in [6.07, 6.45) is 3.81. The second-order valence-electron chi connectivity index (χ2n) is 4.93. The number of rotatable bonds is 2. The molecule has 2 aromatic heterocycles. The molecule has 6 heteroatoms. The van der Waals surface area contributed by atoms with Crippen molar-refractivity contribution >= 4 is 5.91 Å². The van der Waals surface area contributed by atoms with Gasteiger partial charge in [0.15, 0.2) is 5.69 Å². The number of hydrogen-bond acceptors (Lipinski definition) is 4. The van der Waals surface area contributed by atoms with E-state index in [0.29, 0.717) is 23.9 Å². The van der Waals surface area contributed by atoms with Gasteiger partial charge in [0.2, 0.25) is 0 Å². The number of aromatic nitrogens is 3. The number of aromatic amines is 1. The van der Waals surface area contributed by atoms with Gasteiger partial charge in [-0.25, -0.2) is 0 Å². The first-order chi connectivity index (χ1) is 9.24. The summed E-state index contributed by atoms with van der Waals surface area (Å²) in [6.45, 7) is 3.26. The van der Waals surface area contributed by atoms with Gasteiger partial charge in [-0.15, -0.1) is 0 Å². The Balaban J connectivity index is 1.73. The third-order valence-corrected chi connectivity index (χ3v) is 3.52. The van der Waals surface area contributed by atoms with Crippen LogP contribution in [0.3, 0.4) is 0 Å². The molecule has 1 aliphatic rings. The Morgan fingerprint density at radius 2 is 2.47 bits per heavy atom. The molecule has 0 unspecified atom stereocenters. The van der Waals surface area contributed by atoms with Crippen LogP contribution in [-0.4, -0.2) is 39.3 Å². The molecule has 0 saturated carbocycles. The van der Waals surface area contributed by atoms with Crippen molar-refractivity contribution in [3.05, 3.63) is 35.5 Å². The Kier molecular flexibility index (Phi) is 3.06. The van der Waals surface area contributed by atoms with Crippen LogP contribution in [-0.2, 0) is 0 Å². The molecule has 0 aromatic carbocycles. The lowest BCUT2D eigenvalue weighted by Crippen LogP contribution is -2.39. The average Bonchev–Trinajstić information content (AvgIpc) is 3.09. The number of nitrogens with one attached hydrogen (secondary N) is 1. The number of amides is 1. The number of nitrogens with zero attached hydrogens (tertiary/aromatic N) is 3. The van der Waals surface area contributed by atoms with Crippen LogP contribution in [0, 0.1) is 6.92 Å². The van der Waals surface area contributed by atoms with E-state index in [2.05, 4.69) is 15.4 Å². The van der Waals surface area contributed by atoms with Gasteiger partial charge in [0.1, 0.15) is 5.76 Å². The molecule has 1 fully saturated rings. The Labute approximate surface area is 110 Å². The summed E-state index contributed by atoms with van der Waals surface area (Å²) in [7, 11) is 0. The number of likely N-dealkylation sites (tertiary alicyclic amines) is 1. The van der Waals surface area contributed by atoms with Crippen LogP contribution in [0.1, 0.15) is 40.7 Å². The number of H-pyrrole nitrogens is 1. The Hall–Kier alpha value is -2.11. The van der Waals surface area contributed by atoms with Gasteiger partial charge in [-0.05, 0) is 25.8 Å². The molecule has 1 amide bonds. The molecular weight excluding hydrogens is 244 g/mol. The molecule has 1 saturated heterocycles. The van der Waals surface area contributed by atoms with E-state index in [4.69, 9.17) is 4.52 Å². The molecule has 2 aromatic rings. The summed E-state index contributed by atoms with van der Waals surface area (Å²) in [4.78, 5) is 14.1. The molecule has 19 heavy (non-hydrogen) atoms. The van der Waals surface area contributed by atoms with E-state index in [1.807, 2.05) is 11.0 Å². The fourth-order valence-electron chi connectivity index (χ4n) is 2.54. The summed E-state index contributed by atoms with van der Waals surface area (Å²) >= 11 is 0. The van der Waals surface area contributed by atoms with Gasteiger partial charge in [-0.1, -0.05) is 5.16 Å². The first-order valence-electron chi connectivity index (χ1n) is 6.46. The zero-order valence-electron chi connectivity index (χ0n) is 10.8. The van der Waals surface area contributed by atoms with Crippen LogP contribution < -0.4 is 0 Å². The van der Waals surface area contributed by atoms with Crippen LogP contribution in [0.25, 0.3) is 0 Å². The SMILES string of the molecule is Cc1cc(C(=O)N2CCC[C@H](c3ccn[nH]3)C2)no1. The molecule has 1 N–H and O–H groups in total. The van der Waals surface area contributed by atoms with Crippen molar-refractivity contribution in [1.29, 1.82) is 0 Å². The third kappa shape index (κ3) is 2.38. The number of hydrogen-bond donors (Lipinski definition) is 1. The number of carbonyl (C=O) groups excluding carboxylic acids is 1. The van der Waals surface area contributed by atoms with Gasteiger partial charge < -0.3 is 9.42 Å². The molecule has 3 rings (SSSR count). The minimum absolute atomic E-state index is 0.0546. The highest BCUT2D eigenvalue weighted by Crippen LogP contribution is 2.26. The molecular formula is C13H16N4O2. The topological polar surface area (TPSA) is 75.0 Å². The summed E-state index contributed by atoms with van der Waals surface area (Å²) in [5.74, 6) is 0.930. The molecule has 0 bridgehead atoms. The fourth-order valence-corrected chi connectivity index (χ4v) is 2.54. The predicted octanol–water partition coefficient (Wildman–Crippen LogP) is 1.73. The Morgan fingerprint density at radius 1 is 1.58 bits per heavy atom. The average molecular weight is 260 g/mol. The lowest BCUT2D eigenvalue weighted by molar-refractivity contribution is 0.0695. The van der Waals surface area contributed by atoms with Gasteiger partial charge in [0.05, 0.1) is 0 Å². The summed E-state index contributed by atoms with van der Waals surface area (Å²) in [5.41, 5.74) is 1.48. The zero-order valence-corrected chi connectivity index (χ0v) is 10.8. The Bertz CT molecular complexity index is 561. The molecule has 6 nitrogen and oxygen atoms in total. The van der Waals surface area contributed by atoms with E-state index in [9.17, 15) is 4.79 Å². The monoisotopic (exact) mass is 260 g/mol. The lowest BCUT2D eigenvalue weighted by atomic mass is 9.95. The fraction of sp³-hybridized carbons (Fsp3) is 0.462. The lowest BCUT2D eigenvalue weighted by Gasteiger charge is -2.31. The van der Waals surface area contributed by atoms with E-state index in [-0.39, 0.29) is 5.91 Å². The van der Waals surface area contributed by atoms with Crippen molar-refractivity contribution in [2.75, 3.05) is 13.1 Å². The molecule has 0 aliphatic carbocycles. The largest absolute Gasteiger partial charge is 0.361 e. The maximum Gasteiger partial charge on any atom is 0.276 e. The number of aryl methyl sites for hydroxylation is 1. The summed E-state index contributed by atoms with van der Waals surface area (Å²) < 4.78 is 4.96. The van der Waals surface area contributed by atoms with Crippen LogP contribution in [0.5, 0.6) is 0 Å². The minimum atomic E-state index is -0.0546. The minimum Gasteiger partial charge on any atom is -0.361 e. The van der Waals surface area contributed by atoms with Gasteiger partial charge in [0.25, 0.3) is 5.91 Å². The summed E-state index contributed by atoms with van der Waals surface area (Å²) in [5, 5.41) is 10.8. The highest BCUT2D eigenvalue weighted by atomic mass is 16.5. The van der Waals surface area contributed by atoms with E-state index in [1.165, 1.54) is 0 Å². The van der Waals surface area contributed by atoms with E-state index < -0.39 is 0 Å². The van der Waals surface area contributed by atoms with Crippen molar-refractivity contribution in [2.24, 2.45) is 0 Å². The number of piperidine rings is 1. The van der Waals surface area contributed by atoms with Crippen LogP contribution >= 0.6 is 0 Å².